The molecule has 0 aliphatic carbocycles. The SMILES string of the molecule is O=C(O)c1ccc(N/N=C/c2cccc(F)c2)cc1. The van der Waals surface area contributed by atoms with Gasteiger partial charge in [0.05, 0.1) is 17.5 Å². The highest BCUT2D eigenvalue weighted by atomic mass is 19.1. The third kappa shape index (κ3) is 3.64. The van der Waals surface area contributed by atoms with Gasteiger partial charge in [-0.25, -0.2) is 9.18 Å². The zero-order valence-electron chi connectivity index (χ0n) is 9.88. The molecule has 0 heterocycles. The van der Waals surface area contributed by atoms with E-state index in [-0.39, 0.29) is 11.4 Å². The molecule has 0 fully saturated rings. The molecular formula is C14H11FN2O2. The fourth-order valence-electron chi connectivity index (χ4n) is 1.46. The Morgan fingerprint density at radius 3 is 2.58 bits per heavy atom. The van der Waals surface area contributed by atoms with Crippen LogP contribution in [0.15, 0.2) is 53.6 Å². The van der Waals surface area contributed by atoms with Crippen LogP contribution in [0.3, 0.4) is 0 Å². The van der Waals surface area contributed by atoms with E-state index in [1.165, 1.54) is 30.5 Å². The summed E-state index contributed by atoms with van der Waals surface area (Å²) in [6.07, 6.45) is 1.48. The van der Waals surface area contributed by atoms with Crippen LogP contribution in [0.5, 0.6) is 0 Å². The molecule has 0 radical (unpaired) electrons. The van der Waals surface area contributed by atoms with E-state index in [0.29, 0.717) is 11.3 Å². The Kier molecular flexibility index (Phi) is 3.87. The second-order valence-corrected chi connectivity index (χ2v) is 3.81. The first-order chi connectivity index (χ1) is 9.15. The number of nitrogens with one attached hydrogen (secondary N) is 1. The van der Waals surface area contributed by atoms with Gasteiger partial charge in [0.15, 0.2) is 0 Å². The molecule has 0 spiro atoms. The average molecular weight is 258 g/mol. The number of benzene rings is 2. The molecule has 19 heavy (non-hydrogen) atoms. The van der Waals surface area contributed by atoms with Crippen molar-refractivity contribution in [2.45, 2.75) is 0 Å². The van der Waals surface area contributed by atoms with Crippen molar-refractivity contribution in [3.05, 3.63) is 65.5 Å². The van der Waals surface area contributed by atoms with E-state index in [1.807, 2.05) is 0 Å². The molecule has 2 aromatic rings. The number of halogens is 1. The summed E-state index contributed by atoms with van der Waals surface area (Å²) in [6, 6.07) is 12.2. The highest BCUT2D eigenvalue weighted by Crippen LogP contribution is 2.09. The van der Waals surface area contributed by atoms with Gasteiger partial charge in [0.2, 0.25) is 0 Å². The molecule has 0 amide bonds. The number of aromatic carboxylic acids is 1. The van der Waals surface area contributed by atoms with Crippen LogP contribution in [0.2, 0.25) is 0 Å². The fraction of sp³-hybridized carbons (Fsp3) is 0. The highest BCUT2D eigenvalue weighted by Gasteiger charge is 2.00. The monoisotopic (exact) mass is 258 g/mol. The molecule has 0 unspecified atom stereocenters. The molecule has 0 saturated carbocycles. The summed E-state index contributed by atoms with van der Waals surface area (Å²) in [5.74, 6) is -1.30. The molecule has 0 bridgehead atoms. The lowest BCUT2D eigenvalue weighted by atomic mass is 10.2. The normalized spacial score (nSPS) is 10.6. The summed E-state index contributed by atoms with van der Waals surface area (Å²) < 4.78 is 12.9. The number of carboxylic acids is 1. The van der Waals surface area contributed by atoms with Gasteiger partial charge in [0.25, 0.3) is 0 Å². The summed E-state index contributed by atoms with van der Waals surface area (Å²) in [7, 11) is 0. The van der Waals surface area contributed by atoms with Gasteiger partial charge in [-0.2, -0.15) is 5.10 Å². The van der Waals surface area contributed by atoms with Crippen LogP contribution in [0.4, 0.5) is 10.1 Å². The van der Waals surface area contributed by atoms with Crippen LogP contribution in [0, 0.1) is 5.82 Å². The number of carboxylic acid groups (broad SMARTS) is 1. The molecule has 5 heteroatoms. The van der Waals surface area contributed by atoms with Crippen molar-refractivity contribution in [3.63, 3.8) is 0 Å². The van der Waals surface area contributed by atoms with E-state index in [0.717, 1.165) is 0 Å². The summed E-state index contributed by atoms with van der Waals surface area (Å²) in [5.41, 5.74) is 4.23. The topological polar surface area (TPSA) is 61.7 Å². The smallest absolute Gasteiger partial charge is 0.335 e. The quantitative estimate of drug-likeness (QED) is 0.654. The van der Waals surface area contributed by atoms with Crippen molar-refractivity contribution in [1.29, 1.82) is 0 Å². The van der Waals surface area contributed by atoms with Crippen LogP contribution in [-0.4, -0.2) is 17.3 Å². The maximum absolute atomic E-state index is 12.9. The first-order valence-electron chi connectivity index (χ1n) is 5.53. The molecule has 0 saturated heterocycles. The molecule has 0 aromatic heterocycles. The third-order valence-corrected chi connectivity index (χ3v) is 2.39. The Labute approximate surface area is 109 Å². The molecule has 0 aliphatic heterocycles. The summed E-state index contributed by atoms with van der Waals surface area (Å²) in [6.45, 7) is 0. The molecule has 2 aromatic carbocycles. The predicted molar refractivity (Wildman–Crippen MR) is 71.0 cm³/mol. The minimum atomic E-state index is -0.977. The standard InChI is InChI=1S/C14H11FN2O2/c15-12-3-1-2-10(8-12)9-16-17-13-6-4-11(5-7-13)14(18)19/h1-9,17H,(H,18,19)/b16-9+. The number of hydrazone groups is 1. The first-order valence-corrected chi connectivity index (χ1v) is 5.53. The fourth-order valence-corrected chi connectivity index (χ4v) is 1.46. The summed E-state index contributed by atoms with van der Waals surface area (Å²) in [5, 5.41) is 12.7. The lowest BCUT2D eigenvalue weighted by Crippen LogP contribution is -1.96. The van der Waals surface area contributed by atoms with Crippen molar-refractivity contribution < 1.29 is 14.3 Å². The van der Waals surface area contributed by atoms with Gasteiger partial charge in [-0.15, -0.1) is 0 Å². The molecule has 2 rings (SSSR count). The number of carbonyl (C=O) groups is 1. The van der Waals surface area contributed by atoms with Crippen molar-refractivity contribution in [2.24, 2.45) is 5.10 Å². The van der Waals surface area contributed by atoms with E-state index in [1.54, 1.807) is 24.3 Å². The molecule has 0 atom stereocenters. The highest BCUT2D eigenvalue weighted by molar-refractivity contribution is 5.88. The van der Waals surface area contributed by atoms with Crippen LogP contribution >= 0.6 is 0 Å². The summed E-state index contributed by atoms with van der Waals surface area (Å²) in [4.78, 5) is 10.7. The lowest BCUT2D eigenvalue weighted by molar-refractivity contribution is 0.0697. The van der Waals surface area contributed by atoms with E-state index >= 15 is 0 Å². The number of anilines is 1. The Morgan fingerprint density at radius 1 is 1.21 bits per heavy atom. The number of hydrogen-bond donors (Lipinski definition) is 2. The zero-order valence-corrected chi connectivity index (χ0v) is 9.88. The number of rotatable bonds is 4. The predicted octanol–water partition coefficient (Wildman–Crippen LogP) is 2.97. The molecule has 0 aliphatic rings. The number of nitrogens with zero attached hydrogens (tertiary/aromatic N) is 1. The van der Waals surface area contributed by atoms with Crippen molar-refractivity contribution in [1.82, 2.24) is 0 Å². The molecular weight excluding hydrogens is 247 g/mol. The zero-order chi connectivity index (χ0) is 13.7. The Balaban J connectivity index is 2.00. The van der Waals surface area contributed by atoms with Gasteiger partial charge >= 0.3 is 5.97 Å². The first kappa shape index (κ1) is 12.8. The third-order valence-electron chi connectivity index (χ3n) is 2.39. The van der Waals surface area contributed by atoms with E-state index < -0.39 is 5.97 Å². The largest absolute Gasteiger partial charge is 0.478 e. The van der Waals surface area contributed by atoms with E-state index in [4.69, 9.17) is 5.11 Å². The Hall–Kier alpha value is -2.69. The second kappa shape index (κ2) is 5.77. The Morgan fingerprint density at radius 2 is 1.95 bits per heavy atom. The minimum Gasteiger partial charge on any atom is -0.478 e. The van der Waals surface area contributed by atoms with Gasteiger partial charge in [0.1, 0.15) is 5.82 Å². The van der Waals surface area contributed by atoms with E-state index in [2.05, 4.69) is 10.5 Å². The van der Waals surface area contributed by atoms with Crippen LogP contribution in [0.25, 0.3) is 0 Å². The Bertz CT molecular complexity index is 609. The van der Waals surface area contributed by atoms with Crippen molar-refractivity contribution in [3.8, 4) is 0 Å². The maximum atomic E-state index is 12.9. The molecule has 4 nitrogen and oxygen atoms in total. The molecule has 96 valence electrons. The minimum absolute atomic E-state index is 0.208. The average Bonchev–Trinajstić information content (AvgIpc) is 2.39. The van der Waals surface area contributed by atoms with Crippen LogP contribution in [0.1, 0.15) is 15.9 Å². The molecule has 2 N–H and O–H groups in total. The summed E-state index contributed by atoms with van der Waals surface area (Å²) >= 11 is 0. The van der Waals surface area contributed by atoms with E-state index in [9.17, 15) is 9.18 Å². The van der Waals surface area contributed by atoms with Crippen molar-refractivity contribution in [2.75, 3.05) is 5.43 Å². The van der Waals surface area contributed by atoms with Crippen molar-refractivity contribution >= 4 is 17.9 Å². The van der Waals surface area contributed by atoms with Gasteiger partial charge < -0.3 is 5.11 Å². The van der Waals surface area contributed by atoms with Gasteiger partial charge in [0, 0.05) is 0 Å². The lowest BCUT2D eigenvalue weighted by Gasteiger charge is -2.00. The maximum Gasteiger partial charge on any atom is 0.335 e. The van der Waals surface area contributed by atoms with Crippen LogP contribution in [-0.2, 0) is 0 Å². The van der Waals surface area contributed by atoms with Crippen LogP contribution < -0.4 is 5.43 Å². The second-order valence-electron chi connectivity index (χ2n) is 3.81. The van der Waals surface area contributed by atoms with Gasteiger partial charge in [-0.05, 0) is 42.0 Å². The number of hydrogen-bond acceptors (Lipinski definition) is 3. The van der Waals surface area contributed by atoms with Gasteiger partial charge in [-0.3, -0.25) is 5.43 Å². The van der Waals surface area contributed by atoms with Gasteiger partial charge in [-0.1, -0.05) is 12.1 Å².